The van der Waals surface area contributed by atoms with Crippen molar-refractivity contribution in [2.75, 3.05) is 7.05 Å². The van der Waals surface area contributed by atoms with Gasteiger partial charge in [0, 0.05) is 29.4 Å². The zero-order valence-corrected chi connectivity index (χ0v) is 14.4. The Kier molecular flexibility index (Phi) is 4.13. The Hall–Kier alpha value is -2.64. The Labute approximate surface area is 146 Å². The summed E-state index contributed by atoms with van der Waals surface area (Å²) in [6, 6.07) is 11.1. The maximum Gasteiger partial charge on any atom is 0.255 e. The molecule has 0 N–H and O–H groups in total. The molecule has 2 aromatic rings. The van der Waals surface area contributed by atoms with Gasteiger partial charge >= 0.3 is 0 Å². The van der Waals surface area contributed by atoms with Crippen LogP contribution < -0.4 is 0 Å². The van der Waals surface area contributed by atoms with Gasteiger partial charge in [-0.25, -0.2) is 4.99 Å². The number of carbonyl (C=O) groups excluding carboxylic acids is 1. The number of aliphatic imine (C=N–C) groups is 1. The third-order valence-corrected chi connectivity index (χ3v) is 3.93. The molecule has 1 aliphatic heterocycles. The molecular weight excluding hydrogens is 322 g/mol. The number of amidine groups is 1. The van der Waals surface area contributed by atoms with E-state index in [1.54, 1.807) is 32.0 Å². The van der Waals surface area contributed by atoms with E-state index >= 15 is 0 Å². The molecule has 3 rings (SSSR count). The number of halogens is 1. The van der Waals surface area contributed by atoms with Crippen LogP contribution in [-0.4, -0.2) is 34.2 Å². The van der Waals surface area contributed by atoms with Crippen LogP contribution in [0.1, 0.15) is 30.7 Å². The Bertz CT molecular complexity index is 889. The van der Waals surface area contributed by atoms with Crippen molar-refractivity contribution in [3.05, 3.63) is 64.4 Å². The highest BCUT2D eigenvalue weighted by atomic mass is 35.5. The first-order valence-electron chi connectivity index (χ1n) is 7.49. The van der Waals surface area contributed by atoms with E-state index in [9.17, 15) is 4.79 Å². The van der Waals surface area contributed by atoms with E-state index in [0.717, 1.165) is 11.1 Å². The average Bonchev–Trinajstić information content (AvgIpc) is 2.77. The monoisotopic (exact) mass is 337 g/mol. The van der Waals surface area contributed by atoms with Crippen LogP contribution in [0.4, 0.5) is 0 Å². The minimum atomic E-state index is -0.739. The van der Waals surface area contributed by atoms with Crippen LogP contribution in [0.2, 0.25) is 5.02 Å². The highest BCUT2D eigenvalue weighted by molar-refractivity contribution is 6.30. The van der Waals surface area contributed by atoms with Gasteiger partial charge in [-0.3, -0.25) is 14.7 Å². The molecule has 0 radical (unpaired) electrons. The van der Waals surface area contributed by atoms with Crippen molar-refractivity contribution in [2.45, 2.75) is 19.4 Å². The molecule has 0 aliphatic carbocycles. The van der Waals surface area contributed by atoms with Gasteiger partial charge in [-0.1, -0.05) is 29.5 Å². The Balaban J connectivity index is 1.84. The lowest BCUT2D eigenvalue weighted by molar-refractivity contribution is -0.129. The summed E-state index contributed by atoms with van der Waals surface area (Å²) >= 11 is 5.94. The molecule has 5 heteroatoms. The Morgan fingerprint density at radius 3 is 2.46 bits per heavy atom. The summed E-state index contributed by atoms with van der Waals surface area (Å²) in [5, 5.41) is 0.657. The lowest BCUT2D eigenvalue weighted by Crippen LogP contribution is -2.36. The second kappa shape index (κ2) is 6.10. The van der Waals surface area contributed by atoms with E-state index in [0.29, 0.717) is 16.6 Å². The molecule has 24 heavy (non-hydrogen) atoms. The summed E-state index contributed by atoms with van der Waals surface area (Å²) in [4.78, 5) is 22.5. The molecule has 4 nitrogen and oxygen atoms in total. The average molecular weight is 338 g/mol. The molecule has 0 spiro atoms. The first-order chi connectivity index (χ1) is 11.4. The fourth-order valence-corrected chi connectivity index (χ4v) is 2.62. The molecular formula is C19H16ClN3O. The lowest BCUT2D eigenvalue weighted by Gasteiger charge is -2.14. The van der Waals surface area contributed by atoms with Crippen molar-refractivity contribution >= 4 is 23.3 Å². The number of hydrogen-bond acceptors (Lipinski definition) is 3. The van der Waals surface area contributed by atoms with Crippen molar-refractivity contribution in [1.29, 1.82) is 0 Å². The van der Waals surface area contributed by atoms with Crippen LogP contribution in [0.5, 0.6) is 0 Å². The zero-order valence-electron chi connectivity index (χ0n) is 13.7. The third kappa shape index (κ3) is 3.17. The molecule has 1 aromatic carbocycles. The summed E-state index contributed by atoms with van der Waals surface area (Å²) in [5.41, 5.74) is 1.55. The standard InChI is InChI=1S/C19H16ClN3O/c1-19(2)18(24)23(3)17(22-19)16-10-9-14(12-21-16)8-7-13-5-4-6-15(20)11-13/h4-6,9-12H,1-3H3. The normalized spacial score (nSPS) is 15.8. The maximum atomic E-state index is 12.1. The van der Waals surface area contributed by atoms with Crippen molar-refractivity contribution in [1.82, 2.24) is 9.88 Å². The second-order valence-electron chi connectivity index (χ2n) is 6.05. The first kappa shape index (κ1) is 16.2. The van der Waals surface area contributed by atoms with E-state index in [1.807, 2.05) is 36.4 Å². The zero-order chi connectivity index (χ0) is 17.3. The van der Waals surface area contributed by atoms with Crippen molar-refractivity contribution in [2.24, 2.45) is 4.99 Å². The van der Waals surface area contributed by atoms with E-state index in [2.05, 4.69) is 21.8 Å². The van der Waals surface area contributed by atoms with Gasteiger partial charge in [-0.05, 0) is 44.2 Å². The fourth-order valence-electron chi connectivity index (χ4n) is 2.43. The number of hydrogen-bond donors (Lipinski definition) is 0. The van der Waals surface area contributed by atoms with Crippen LogP contribution in [0, 0.1) is 11.8 Å². The minimum Gasteiger partial charge on any atom is -0.296 e. The Morgan fingerprint density at radius 2 is 1.88 bits per heavy atom. The molecule has 1 amide bonds. The summed E-state index contributed by atoms with van der Waals surface area (Å²) in [6.07, 6.45) is 1.68. The van der Waals surface area contributed by atoms with Crippen LogP contribution in [0.15, 0.2) is 47.6 Å². The van der Waals surface area contributed by atoms with Crippen molar-refractivity contribution in [3.63, 3.8) is 0 Å². The van der Waals surface area contributed by atoms with E-state index in [-0.39, 0.29) is 5.91 Å². The van der Waals surface area contributed by atoms with Gasteiger partial charge in [0.1, 0.15) is 11.2 Å². The van der Waals surface area contributed by atoms with E-state index < -0.39 is 5.54 Å². The van der Waals surface area contributed by atoms with E-state index in [4.69, 9.17) is 11.6 Å². The smallest absolute Gasteiger partial charge is 0.255 e. The summed E-state index contributed by atoms with van der Waals surface area (Å²) in [7, 11) is 1.71. The van der Waals surface area contributed by atoms with Gasteiger partial charge in [0.05, 0.1) is 0 Å². The number of rotatable bonds is 1. The lowest BCUT2D eigenvalue weighted by atomic mass is 10.1. The molecule has 0 saturated heterocycles. The molecule has 0 fully saturated rings. The van der Waals surface area contributed by atoms with Gasteiger partial charge in [0.15, 0.2) is 5.84 Å². The number of pyridine rings is 1. The molecule has 1 aliphatic rings. The predicted octanol–water partition coefficient (Wildman–Crippen LogP) is 3.13. The summed E-state index contributed by atoms with van der Waals surface area (Å²) in [5.74, 6) is 6.65. The quantitative estimate of drug-likeness (QED) is 0.750. The molecule has 0 atom stereocenters. The predicted molar refractivity (Wildman–Crippen MR) is 95.1 cm³/mol. The molecule has 0 unspecified atom stereocenters. The minimum absolute atomic E-state index is 0.0378. The van der Waals surface area contributed by atoms with Crippen LogP contribution in [-0.2, 0) is 4.79 Å². The van der Waals surface area contributed by atoms with Crippen LogP contribution in [0.3, 0.4) is 0 Å². The number of nitrogens with zero attached hydrogens (tertiary/aromatic N) is 3. The fraction of sp³-hybridized carbons (Fsp3) is 0.211. The highest BCUT2D eigenvalue weighted by Crippen LogP contribution is 2.23. The molecule has 0 saturated carbocycles. The van der Waals surface area contributed by atoms with Crippen LogP contribution in [0.25, 0.3) is 0 Å². The molecule has 2 heterocycles. The van der Waals surface area contributed by atoms with Gasteiger partial charge < -0.3 is 0 Å². The molecule has 0 bridgehead atoms. The Morgan fingerprint density at radius 1 is 1.12 bits per heavy atom. The summed E-state index contributed by atoms with van der Waals surface area (Å²) < 4.78 is 0. The third-order valence-electron chi connectivity index (χ3n) is 3.70. The molecule has 1 aromatic heterocycles. The van der Waals surface area contributed by atoms with Crippen LogP contribution >= 0.6 is 11.6 Å². The van der Waals surface area contributed by atoms with E-state index in [1.165, 1.54) is 0 Å². The van der Waals surface area contributed by atoms with Gasteiger partial charge in [-0.15, -0.1) is 0 Å². The number of amides is 1. The van der Waals surface area contributed by atoms with Crippen molar-refractivity contribution in [3.8, 4) is 11.8 Å². The number of likely N-dealkylation sites (N-methyl/N-ethyl adjacent to an activating group) is 1. The van der Waals surface area contributed by atoms with Gasteiger partial charge in [0.25, 0.3) is 5.91 Å². The summed E-state index contributed by atoms with van der Waals surface area (Å²) in [6.45, 7) is 3.59. The number of aromatic nitrogens is 1. The van der Waals surface area contributed by atoms with Crippen molar-refractivity contribution < 1.29 is 4.79 Å². The maximum absolute atomic E-state index is 12.1. The topological polar surface area (TPSA) is 45.6 Å². The number of carbonyl (C=O) groups is 1. The number of benzene rings is 1. The van der Waals surface area contributed by atoms with Gasteiger partial charge in [-0.2, -0.15) is 0 Å². The highest BCUT2D eigenvalue weighted by Gasteiger charge is 2.39. The first-order valence-corrected chi connectivity index (χ1v) is 7.87. The molecule has 120 valence electrons. The second-order valence-corrected chi connectivity index (χ2v) is 6.49. The largest absolute Gasteiger partial charge is 0.296 e. The van der Waals surface area contributed by atoms with Gasteiger partial charge in [0.2, 0.25) is 0 Å². The SMILES string of the molecule is CN1C(=O)C(C)(C)N=C1c1ccc(C#Cc2cccc(Cl)c2)cn1.